The first-order chi connectivity index (χ1) is 12.8. The molecule has 2 N–H and O–H groups in total. The molecule has 0 aromatic heterocycles. The molecular weight excluding hydrogens is 358 g/mol. The Bertz CT molecular complexity index is 765. The molecular formula is C21H31N3O4. The van der Waals surface area contributed by atoms with Crippen LogP contribution in [-0.2, 0) is 15.1 Å². The minimum Gasteiger partial charge on any atom is -0.497 e. The Morgan fingerprint density at radius 3 is 2.21 bits per heavy atom. The summed E-state index contributed by atoms with van der Waals surface area (Å²) in [5, 5.41) is 5.64. The molecule has 1 aliphatic heterocycles. The van der Waals surface area contributed by atoms with E-state index in [-0.39, 0.29) is 17.9 Å². The summed E-state index contributed by atoms with van der Waals surface area (Å²) >= 11 is 0. The lowest BCUT2D eigenvalue weighted by Gasteiger charge is -2.33. The number of amides is 4. The molecule has 0 saturated carbocycles. The molecule has 4 amide bonds. The Morgan fingerprint density at radius 1 is 1.14 bits per heavy atom. The van der Waals surface area contributed by atoms with Crippen molar-refractivity contribution in [3.05, 3.63) is 29.8 Å². The Kier molecular flexibility index (Phi) is 5.78. The molecule has 1 saturated heterocycles. The van der Waals surface area contributed by atoms with Crippen molar-refractivity contribution in [2.24, 2.45) is 5.41 Å². The van der Waals surface area contributed by atoms with E-state index in [9.17, 15) is 14.4 Å². The molecule has 0 radical (unpaired) electrons. The van der Waals surface area contributed by atoms with Crippen LogP contribution < -0.4 is 15.4 Å². The summed E-state index contributed by atoms with van der Waals surface area (Å²) in [4.78, 5) is 38.9. The van der Waals surface area contributed by atoms with Gasteiger partial charge in [0.15, 0.2) is 0 Å². The van der Waals surface area contributed by atoms with Crippen LogP contribution in [0.5, 0.6) is 5.75 Å². The molecule has 1 aliphatic rings. The monoisotopic (exact) mass is 389 g/mol. The van der Waals surface area contributed by atoms with Gasteiger partial charge in [0.25, 0.3) is 5.91 Å². The Balaban J connectivity index is 2.11. The van der Waals surface area contributed by atoms with Crippen LogP contribution in [0.4, 0.5) is 4.79 Å². The first kappa shape index (κ1) is 21.7. The van der Waals surface area contributed by atoms with Crippen LogP contribution in [-0.4, -0.2) is 41.9 Å². The molecule has 0 bridgehead atoms. The number of nitrogens with one attached hydrogen (secondary N) is 2. The molecule has 1 heterocycles. The van der Waals surface area contributed by atoms with Crippen LogP contribution in [0.15, 0.2) is 24.3 Å². The van der Waals surface area contributed by atoms with E-state index in [0.717, 1.165) is 11.3 Å². The molecule has 1 fully saturated rings. The van der Waals surface area contributed by atoms with E-state index < -0.39 is 23.0 Å². The van der Waals surface area contributed by atoms with Gasteiger partial charge in [-0.05, 0) is 50.3 Å². The normalized spacial score (nSPS) is 20.2. The van der Waals surface area contributed by atoms with Gasteiger partial charge in [0, 0.05) is 5.54 Å². The molecule has 28 heavy (non-hydrogen) atoms. The first-order valence-electron chi connectivity index (χ1n) is 9.37. The molecule has 154 valence electrons. The van der Waals surface area contributed by atoms with Crippen molar-refractivity contribution in [1.82, 2.24) is 15.5 Å². The summed E-state index contributed by atoms with van der Waals surface area (Å²) in [5.41, 5.74) is -1.01. The van der Waals surface area contributed by atoms with Crippen LogP contribution in [0.1, 0.15) is 53.5 Å². The minimum absolute atomic E-state index is 0.0323. The summed E-state index contributed by atoms with van der Waals surface area (Å²) in [6.07, 6.45) is 0.759. The Hall–Kier alpha value is -2.57. The number of hydrogen-bond acceptors (Lipinski definition) is 4. The molecule has 0 unspecified atom stereocenters. The molecule has 0 aliphatic carbocycles. The van der Waals surface area contributed by atoms with Gasteiger partial charge in [-0.25, -0.2) is 4.79 Å². The third-order valence-corrected chi connectivity index (χ3v) is 4.69. The highest BCUT2D eigenvalue weighted by atomic mass is 16.5. The lowest BCUT2D eigenvalue weighted by molar-refractivity contribution is -0.135. The number of carbonyl (C=O) groups is 3. The number of carbonyl (C=O) groups excluding carboxylic acids is 3. The van der Waals surface area contributed by atoms with Gasteiger partial charge < -0.3 is 15.4 Å². The Morgan fingerprint density at radius 2 is 1.71 bits per heavy atom. The molecule has 1 aromatic carbocycles. The number of benzene rings is 1. The average Bonchev–Trinajstić information content (AvgIpc) is 2.76. The quantitative estimate of drug-likeness (QED) is 0.733. The fourth-order valence-corrected chi connectivity index (χ4v) is 3.89. The van der Waals surface area contributed by atoms with E-state index >= 15 is 0 Å². The number of rotatable bonds is 6. The third kappa shape index (κ3) is 4.82. The topological polar surface area (TPSA) is 87.7 Å². The third-order valence-electron chi connectivity index (χ3n) is 4.69. The number of imide groups is 1. The maximum absolute atomic E-state index is 13.0. The summed E-state index contributed by atoms with van der Waals surface area (Å²) in [7, 11) is 1.56. The molecule has 7 heteroatoms. The van der Waals surface area contributed by atoms with Crippen molar-refractivity contribution in [2.45, 2.75) is 59.0 Å². The van der Waals surface area contributed by atoms with Gasteiger partial charge in [-0.3, -0.25) is 14.5 Å². The number of urea groups is 1. The van der Waals surface area contributed by atoms with E-state index in [1.807, 2.05) is 13.8 Å². The zero-order valence-corrected chi connectivity index (χ0v) is 17.8. The second-order valence-electron chi connectivity index (χ2n) is 9.34. The van der Waals surface area contributed by atoms with Gasteiger partial charge in [-0.2, -0.15) is 0 Å². The highest BCUT2D eigenvalue weighted by Crippen LogP contribution is 2.30. The highest BCUT2D eigenvalue weighted by molar-refractivity contribution is 6.09. The van der Waals surface area contributed by atoms with Crippen molar-refractivity contribution in [1.29, 1.82) is 0 Å². The highest BCUT2D eigenvalue weighted by Gasteiger charge is 2.49. The SMILES string of the molecule is COc1ccc([C@@]2(C)NC(=O)N(CC(=O)NC(C)(C)CC(C)(C)C)C2=O)cc1. The van der Waals surface area contributed by atoms with Gasteiger partial charge in [0.2, 0.25) is 5.91 Å². The summed E-state index contributed by atoms with van der Waals surface area (Å²) in [6, 6.07) is 6.33. The van der Waals surface area contributed by atoms with Crippen molar-refractivity contribution in [3.8, 4) is 5.75 Å². The van der Waals surface area contributed by atoms with Crippen LogP contribution in [0.3, 0.4) is 0 Å². The molecule has 7 nitrogen and oxygen atoms in total. The van der Waals surface area contributed by atoms with Gasteiger partial charge in [-0.15, -0.1) is 0 Å². The number of nitrogens with zero attached hydrogens (tertiary/aromatic N) is 1. The lowest BCUT2D eigenvalue weighted by Crippen LogP contribution is -2.50. The lowest BCUT2D eigenvalue weighted by atomic mass is 9.82. The predicted molar refractivity (Wildman–Crippen MR) is 107 cm³/mol. The van der Waals surface area contributed by atoms with Crippen molar-refractivity contribution >= 4 is 17.8 Å². The maximum Gasteiger partial charge on any atom is 0.325 e. The zero-order chi connectivity index (χ0) is 21.3. The largest absolute Gasteiger partial charge is 0.497 e. The molecule has 1 atom stereocenters. The standard InChI is InChI=1S/C21H31N3O4/c1-19(2,3)13-20(4,5)22-16(25)12-24-17(26)21(6,23-18(24)27)14-8-10-15(28-7)11-9-14/h8-11H,12-13H2,1-7H3,(H,22,25)(H,23,27)/t21-/m1/s1. The average molecular weight is 389 g/mol. The smallest absolute Gasteiger partial charge is 0.325 e. The van der Waals surface area contributed by atoms with Crippen LogP contribution in [0, 0.1) is 5.41 Å². The van der Waals surface area contributed by atoms with Crippen LogP contribution in [0.2, 0.25) is 0 Å². The summed E-state index contributed by atoms with van der Waals surface area (Å²) < 4.78 is 5.13. The minimum atomic E-state index is -1.22. The van der Waals surface area contributed by atoms with Gasteiger partial charge >= 0.3 is 6.03 Å². The Labute approximate surface area is 166 Å². The van der Waals surface area contributed by atoms with Crippen LogP contribution >= 0.6 is 0 Å². The maximum atomic E-state index is 13.0. The zero-order valence-electron chi connectivity index (χ0n) is 17.8. The van der Waals surface area contributed by atoms with Crippen LogP contribution in [0.25, 0.3) is 0 Å². The van der Waals surface area contributed by atoms with E-state index in [4.69, 9.17) is 4.74 Å². The van der Waals surface area contributed by atoms with Gasteiger partial charge in [-0.1, -0.05) is 32.9 Å². The number of methoxy groups -OCH3 is 1. The fourth-order valence-electron chi connectivity index (χ4n) is 3.89. The second-order valence-corrected chi connectivity index (χ2v) is 9.34. The molecule has 0 spiro atoms. The number of hydrogen-bond donors (Lipinski definition) is 2. The summed E-state index contributed by atoms with van der Waals surface area (Å²) in [6.45, 7) is 11.5. The van der Waals surface area contributed by atoms with E-state index in [0.29, 0.717) is 11.3 Å². The fraction of sp³-hybridized carbons (Fsp3) is 0.571. The van der Waals surface area contributed by atoms with Gasteiger partial charge in [0.1, 0.15) is 17.8 Å². The molecule has 1 aromatic rings. The first-order valence-corrected chi connectivity index (χ1v) is 9.37. The van der Waals surface area contributed by atoms with Crippen molar-refractivity contribution in [2.75, 3.05) is 13.7 Å². The summed E-state index contributed by atoms with van der Waals surface area (Å²) in [5.74, 6) is -0.162. The number of ether oxygens (including phenoxy) is 1. The van der Waals surface area contributed by atoms with Crippen molar-refractivity contribution < 1.29 is 19.1 Å². The predicted octanol–water partition coefficient (Wildman–Crippen LogP) is 2.79. The second kappa shape index (κ2) is 7.45. The van der Waals surface area contributed by atoms with E-state index in [1.54, 1.807) is 38.3 Å². The molecule has 2 rings (SSSR count). The van der Waals surface area contributed by atoms with E-state index in [1.165, 1.54) is 0 Å². The van der Waals surface area contributed by atoms with Crippen molar-refractivity contribution in [3.63, 3.8) is 0 Å². The van der Waals surface area contributed by atoms with Gasteiger partial charge in [0.05, 0.1) is 7.11 Å². The van der Waals surface area contributed by atoms with E-state index in [2.05, 4.69) is 31.4 Å².